The molecular formula is C20H18ClF3N6O2. The lowest BCUT2D eigenvalue weighted by molar-refractivity contribution is -0.137. The Labute approximate surface area is 186 Å². The summed E-state index contributed by atoms with van der Waals surface area (Å²) in [6, 6.07) is 5.02. The molecule has 3 aromatic rings. The quantitative estimate of drug-likeness (QED) is 0.621. The van der Waals surface area contributed by atoms with Gasteiger partial charge < -0.3 is 10.2 Å². The van der Waals surface area contributed by atoms with Crippen LogP contribution < -0.4 is 5.32 Å². The summed E-state index contributed by atoms with van der Waals surface area (Å²) < 4.78 is 40.4. The molecule has 2 heterocycles. The van der Waals surface area contributed by atoms with Crippen molar-refractivity contribution in [2.24, 2.45) is 0 Å². The number of rotatable bonds is 5. The van der Waals surface area contributed by atoms with Crippen LogP contribution in [0, 0.1) is 0 Å². The van der Waals surface area contributed by atoms with Crippen molar-refractivity contribution >= 4 is 23.4 Å². The van der Waals surface area contributed by atoms with Crippen LogP contribution in [-0.2, 0) is 6.18 Å². The number of nitrogens with zero attached hydrogens (tertiary/aromatic N) is 5. The van der Waals surface area contributed by atoms with Gasteiger partial charge in [-0.2, -0.15) is 23.0 Å². The Balaban J connectivity index is 1.82. The van der Waals surface area contributed by atoms with Crippen LogP contribution in [0.1, 0.15) is 45.1 Å². The van der Waals surface area contributed by atoms with Crippen LogP contribution >= 0.6 is 11.6 Å². The second-order valence-electron chi connectivity index (χ2n) is 7.06. The molecule has 0 aliphatic heterocycles. The molecule has 2 amide bonds. The highest BCUT2D eigenvalue weighted by molar-refractivity contribution is 6.31. The number of nitrogens with one attached hydrogen (secondary N) is 1. The SMILES string of the molecule is C[C@H](NC(=O)c1cc(Cl)cc(C(F)(F)F)c1)c1ncnn1-c1ccc(C(=O)N(C)C)cn1. The standard InChI is InChI=1S/C20H18ClF3N6O2/c1-11(28-18(31)13-6-14(20(22,23)24)8-15(21)7-13)17-26-10-27-30(17)16-5-4-12(9-25-16)19(32)29(2)3/h4-11H,1-3H3,(H,28,31)/t11-/m0/s1. The molecule has 2 aromatic heterocycles. The molecule has 3 rings (SSSR count). The highest BCUT2D eigenvalue weighted by atomic mass is 35.5. The second-order valence-corrected chi connectivity index (χ2v) is 7.49. The molecule has 0 aliphatic rings. The van der Waals surface area contributed by atoms with E-state index < -0.39 is 23.7 Å². The lowest BCUT2D eigenvalue weighted by atomic mass is 10.1. The van der Waals surface area contributed by atoms with Gasteiger partial charge in [-0.05, 0) is 37.3 Å². The zero-order valence-corrected chi connectivity index (χ0v) is 17.9. The van der Waals surface area contributed by atoms with E-state index in [-0.39, 0.29) is 22.3 Å². The third-order valence-electron chi connectivity index (χ3n) is 4.41. The van der Waals surface area contributed by atoms with Crippen molar-refractivity contribution in [3.8, 4) is 5.82 Å². The lowest BCUT2D eigenvalue weighted by Crippen LogP contribution is -2.29. The normalized spacial score (nSPS) is 12.3. The minimum Gasteiger partial charge on any atom is -0.345 e. The van der Waals surface area contributed by atoms with Crippen molar-refractivity contribution in [3.05, 3.63) is 70.4 Å². The van der Waals surface area contributed by atoms with Crippen molar-refractivity contribution in [1.29, 1.82) is 0 Å². The van der Waals surface area contributed by atoms with Crippen molar-refractivity contribution < 1.29 is 22.8 Å². The Hall–Kier alpha value is -3.47. The average molecular weight is 467 g/mol. The molecule has 1 aromatic carbocycles. The number of halogens is 4. The summed E-state index contributed by atoms with van der Waals surface area (Å²) in [5.41, 5.74) is -0.891. The van der Waals surface area contributed by atoms with Gasteiger partial charge in [-0.1, -0.05) is 11.6 Å². The van der Waals surface area contributed by atoms with E-state index in [0.717, 1.165) is 18.2 Å². The molecule has 8 nitrogen and oxygen atoms in total. The molecule has 1 atom stereocenters. The maximum Gasteiger partial charge on any atom is 0.416 e. The molecule has 0 bridgehead atoms. The minimum absolute atomic E-state index is 0.211. The lowest BCUT2D eigenvalue weighted by Gasteiger charge is -2.16. The van der Waals surface area contributed by atoms with Crippen LogP contribution in [0.2, 0.25) is 5.02 Å². The molecule has 0 spiro atoms. The van der Waals surface area contributed by atoms with Gasteiger partial charge in [0.05, 0.1) is 17.2 Å². The van der Waals surface area contributed by atoms with Gasteiger partial charge in [-0.3, -0.25) is 9.59 Å². The van der Waals surface area contributed by atoms with Gasteiger partial charge in [0.2, 0.25) is 0 Å². The molecule has 0 saturated heterocycles. The number of carbonyl (C=O) groups excluding carboxylic acids is 2. The molecule has 12 heteroatoms. The molecule has 0 aliphatic carbocycles. The van der Waals surface area contributed by atoms with Crippen LogP contribution in [0.4, 0.5) is 13.2 Å². The number of benzene rings is 1. The number of hydrogen-bond acceptors (Lipinski definition) is 5. The van der Waals surface area contributed by atoms with Crippen molar-refractivity contribution in [2.75, 3.05) is 14.1 Å². The van der Waals surface area contributed by atoms with E-state index in [9.17, 15) is 22.8 Å². The molecule has 32 heavy (non-hydrogen) atoms. The van der Waals surface area contributed by atoms with E-state index >= 15 is 0 Å². The number of amides is 2. The van der Waals surface area contributed by atoms with E-state index in [1.54, 1.807) is 33.2 Å². The van der Waals surface area contributed by atoms with Crippen molar-refractivity contribution in [1.82, 2.24) is 30.0 Å². The first-order valence-corrected chi connectivity index (χ1v) is 9.62. The number of carbonyl (C=O) groups is 2. The highest BCUT2D eigenvalue weighted by Gasteiger charge is 2.32. The molecule has 0 unspecified atom stereocenters. The Morgan fingerprint density at radius 1 is 1.12 bits per heavy atom. The zero-order chi connectivity index (χ0) is 23.6. The number of hydrogen-bond donors (Lipinski definition) is 1. The van der Waals surface area contributed by atoms with E-state index in [0.29, 0.717) is 11.4 Å². The summed E-state index contributed by atoms with van der Waals surface area (Å²) in [5, 5.41) is 6.46. The largest absolute Gasteiger partial charge is 0.416 e. The van der Waals surface area contributed by atoms with Crippen molar-refractivity contribution in [3.63, 3.8) is 0 Å². The first kappa shape index (κ1) is 23.2. The van der Waals surface area contributed by atoms with Crippen LogP contribution in [0.3, 0.4) is 0 Å². The Morgan fingerprint density at radius 2 is 1.84 bits per heavy atom. The second kappa shape index (κ2) is 8.95. The summed E-state index contributed by atoms with van der Waals surface area (Å²) >= 11 is 5.75. The van der Waals surface area contributed by atoms with Crippen molar-refractivity contribution in [2.45, 2.75) is 19.1 Å². The minimum atomic E-state index is -4.64. The summed E-state index contributed by atoms with van der Waals surface area (Å²) in [6.45, 7) is 1.59. The fourth-order valence-corrected chi connectivity index (χ4v) is 3.08. The van der Waals surface area contributed by atoms with Crippen LogP contribution in [0.15, 0.2) is 42.9 Å². The molecule has 0 radical (unpaired) electrons. The fraction of sp³-hybridized carbons (Fsp3) is 0.250. The predicted molar refractivity (Wildman–Crippen MR) is 110 cm³/mol. The molecular weight excluding hydrogens is 449 g/mol. The number of pyridine rings is 1. The van der Waals surface area contributed by atoms with E-state index in [4.69, 9.17) is 11.6 Å². The summed E-state index contributed by atoms with van der Waals surface area (Å²) in [5.74, 6) is -0.352. The van der Waals surface area contributed by atoms with Gasteiger partial charge in [0, 0.05) is 30.9 Å². The molecule has 0 fully saturated rings. The van der Waals surface area contributed by atoms with Gasteiger partial charge in [-0.25, -0.2) is 9.97 Å². The Kier molecular flexibility index (Phi) is 6.49. The number of alkyl halides is 3. The third-order valence-corrected chi connectivity index (χ3v) is 4.63. The van der Waals surface area contributed by atoms with E-state index in [1.807, 2.05) is 0 Å². The summed E-state index contributed by atoms with van der Waals surface area (Å²) in [6.07, 6.45) is -2.01. The smallest absolute Gasteiger partial charge is 0.345 e. The van der Waals surface area contributed by atoms with Gasteiger partial charge in [0.15, 0.2) is 11.6 Å². The first-order chi connectivity index (χ1) is 15.0. The summed E-state index contributed by atoms with van der Waals surface area (Å²) in [7, 11) is 3.24. The maximum atomic E-state index is 13.0. The number of aromatic nitrogens is 4. The fourth-order valence-electron chi connectivity index (χ4n) is 2.85. The van der Waals surface area contributed by atoms with Crippen LogP contribution in [0.25, 0.3) is 5.82 Å². The van der Waals surface area contributed by atoms with Crippen LogP contribution in [0.5, 0.6) is 0 Å². The van der Waals surface area contributed by atoms with Gasteiger partial charge in [0.25, 0.3) is 11.8 Å². The monoisotopic (exact) mass is 466 g/mol. The Morgan fingerprint density at radius 3 is 2.44 bits per heavy atom. The van der Waals surface area contributed by atoms with E-state index in [1.165, 1.54) is 22.1 Å². The predicted octanol–water partition coefficient (Wildman–Crippen LogP) is 3.53. The maximum absolute atomic E-state index is 13.0. The molecule has 168 valence electrons. The van der Waals surface area contributed by atoms with Gasteiger partial charge in [0.1, 0.15) is 6.33 Å². The Bertz CT molecular complexity index is 1140. The first-order valence-electron chi connectivity index (χ1n) is 9.24. The van der Waals surface area contributed by atoms with Gasteiger partial charge >= 0.3 is 6.18 Å². The highest BCUT2D eigenvalue weighted by Crippen LogP contribution is 2.32. The zero-order valence-electron chi connectivity index (χ0n) is 17.2. The van der Waals surface area contributed by atoms with Gasteiger partial charge in [-0.15, -0.1) is 0 Å². The topological polar surface area (TPSA) is 93.0 Å². The van der Waals surface area contributed by atoms with Crippen LogP contribution in [-0.4, -0.2) is 50.6 Å². The summed E-state index contributed by atoms with van der Waals surface area (Å²) in [4.78, 5) is 34.3. The van der Waals surface area contributed by atoms with E-state index in [2.05, 4.69) is 20.4 Å². The average Bonchev–Trinajstić information content (AvgIpc) is 3.22. The molecule has 1 N–H and O–H groups in total. The molecule has 0 saturated carbocycles. The third kappa shape index (κ3) is 5.05.